The summed E-state index contributed by atoms with van der Waals surface area (Å²) in [5.74, 6) is -0.614. The average molecular weight is 417 g/mol. The number of carbonyl (C=O) groups excluding carboxylic acids is 1. The van der Waals surface area contributed by atoms with E-state index >= 15 is 0 Å². The number of ether oxygens (including phenoxy) is 1. The molecule has 4 N–H and O–H groups in total. The average Bonchev–Trinajstić information content (AvgIpc) is 3.28. The molecule has 2 fully saturated rings. The molecule has 2 saturated carbocycles. The second kappa shape index (κ2) is 6.94. The summed E-state index contributed by atoms with van der Waals surface area (Å²) in [7, 11) is 0. The number of carbonyl (C=O) groups is 1. The summed E-state index contributed by atoms with van der Waals surface area (Å²) in [5.41, 5.74) is 0.697. The number of nitrogens with one attached hydrogen (secondary N) is 2. The number of nitrogens with zero attached hydrogens (tertiary/aromatic N) is 3. The molecule has 0 bridgehead atoms. The monoisotopic (exact) mass is 417 g/mol. The molecule has 1 amide bonds. The van der Waals surface area contributed by atoms with Crippen molar-refractivity contribution in [3.63, 3.8) is 0 Å². The zero-order valence-corrected chi connectivity index (χ0v) is 15.8. The molecule has 1 heterocycles. The summed E-state index contributed by atoms with van der Waals surface area (Å²) in [6.45, 7) is 0. The third kappa shape index (κ3) is 3.34. The number of amidine groups is 1. The third-order valence-electron chi connectivity index (χ3n) is 5.86. The van der Waals surface area contributed by atoms with Gasteiger partial charge in [0.2, 0.25) is 11.5 Å². The molecule has 0 radical (unpaired) electrons. The van der Waals surface area contributed by atoms with Crippen LogP contribution >= 0.6 is 0 Å². The Labute approximate surface area is 170 Å². The Morgan fingerprint density at radius 2 is 2.10 bits per heavy atom. The second-order valence-electron chi connectivity index (χ2n) is 8.02. The molecule has 10 nitrogen and oxygen atoms in total. The fraction of sp³-hybridized carbons (Fsp3) is 0.474. The van der Waals surface area contributed by atoms with Crippen molar-refractivity contribution in [1.82, 2.24) is 20.9 Å². The van der Waals surface area contributed by atoms with Crippen LogP contribution in [-0.4, -0.2) is 50.1 Å². The number of benzene rings is 1. The Balaban J connectivity index is 1.18. The van der Waals surface area contributed by atoms with E-state index in [-0.39, 0.29) is 47.3 Å². The van der Waals surface area contributed by atoms with Crippen molar-refractivity contribution in [2.75, 3.05) is 0 Å². The number of oxime groups is 1. The molecular weight excluding hydrogens is 397 g/mol. The lowest BCUT2D eigenvalue weighted by Gasteiger charge is -2.35. The molecule has 3 aliphatic carbocycles. The van der Waals surface area contributed by atoms with E-state index in [1.807, 2.05) is 0 Å². The zero-order chi connectivity index (χ0) is 20.9. The first kappa shape index (κ1) is 18.8. The SMILES string of the molecule is O=C(NC1CC(Oc2nonc2/C(=N/O)NC2Cc3ccc(F)cc32)C1)C1(O)CC1. The number of halogens is 1. The Bertz CT molecular complexity index is 1010. The molecular formula is C19H20FN5O5. The molecule has 11 heteroatoms. The van der Waals surface area contributed by atoms with Crippen LogP contribution in [0.4, 0.5) is 4.39 Å². The summed E-state index contributed by atoms with van der Waals surface area (Å²) in [6, 6.07) is 4.25. The molecule has 5 rings (SSSR count). The standard InChI is InChI=1S/C19H20FN5O5/c20-10-2-1-9-5-14(13(9)6-10)22-16(23-28)15-17(25-30-24-15)29-12-7-11(8-12)21-18(26)19(27)3-4-19/h1-2,6,11-12,14,27-28H,3-5,7-8H2,(H,21,26)(H,22,23). The molecule has 158 valence electrons. The number of hydrogen-bond acceptors (Lipinski definition) is 8. The Kier molecular flexibility index (Phi) is 4.35. The van der Waals surface area contributed by atoms with Crippen molar-refractivity contribution in [1.29, 1.82) is 0 Å². The van der Waals surface area contributed by atoms with Crippen molar-refractivity contribution in [2.24, 2.45) is 5.16 Å². The van der Waals surface area contributed by atoms with Gasteiger partial charge in [-0.25, -0.2) is 9.02 Å². The lowest BCUT2D eigenvalue weighted by atomic mass is 9.83. The number of aromatic nitrogens is 2. The normalized spacial score (nSPS) is 26.1. The quantitative estimate of drug-likeness (QED) is 0.234. The maximum atomic E-state index is 13.5. The Hall–Kier alpha value is -3.21. The number of aliphatic hydroxyl groups is 1. The maximum Gasteiger partial charge on any atom is 0.287 e. The largest absolute Gasteiger partial charge is 0.470 e. The van der Waals surface area contributed by atoms with E-state index in [0.29, 0.717) is 32.1 Å². The van der Waals surface area contributed by atoms with Crippen molar-refractivity contribution >= 4 is 11.7 Å². The van der Waals surface area contributed by atoms with Crippen LogP contribution in [0.1, 0.15) is 48.5 Å². The molecule has 30 heavy (non-hydrogen) atoms. The second-order valence-corrected chi connectivity index (χ2v) is 8.02. The van der Waals surface area contributed by atoms with E-state index in [2.05, 4.69) is 26.1 Å². The minimum Gasteiger partial charge on any atom is -0.470 e. The van der Waals surface area contributed by atoms with Gasteiger partial charge in [0.25, 0.3) is 11.8 Å². The van der Waals surface area contributed by atoms with E-state index in [9.17, 15) is 19.5 Å². The highest BCUT2D eigenvalue weighted by molar-refractivity contribution is 5.98. The van der Waals surface area contributed by atoms with Crippen LogP contribution < -0.4 is 15.4 Å². The fourth-order valence-corrected chi connectivity index (χ4v) is 3.72. The molecule has 3 aliphatic rings. The molecule has 1 unspecified atom stereocenters. The smallest absolute Gasteiger partial charge is 0.287 e. The molecule has 0 spiro atoms. The van der Waals surface area contributed by atoms with Gasteiger partial charge < -0.3 is 25.7 Å². The Morgan fingerprint density at radius 3 is 2.83 bits per heavy atom. The van der Waals surface area contributed by atoms with Crippen molar-refractivity contribution in [3.05, 3.63) is 40.8 Å². The van der Waals surface area contributed by atoms with Gasteiger partial charge in [-0.05, 0) is 52.8 Å². The van der Waals surface area contributed by atoms with Crippen LogP contribution in [0.5, 0.6) is 5.88 Å². The summed E-state index contributed by atoms with van der Waals surface area (Å²) in [4.78, 5) is 11.9. The maximum absolute atomic E-state index is 13.5. The van der Waals surface area contributed by atoms with Crippen LogP contribution in [0, 0.1) is 5.82 Å². The number of hydrogen-bond donors (Lipinski definition) is 4. The Morgan fingerprint density at radius 1 is 1.30 bits per heavy atom. The van der Waals surface area contributed by atoms with E-state index in [1.165, 1.54) is 12.1 Å². The summed E-state index contributed by atoms with van der Waals surface area (Å²) < 4.78 is 24.0. The third-order valence-corrected chi connectivity index (χ3v) is 5.86. The van der Waals surface area contributed by atoms with Gasteiger partial charge in [-0.15, -0.1) is 0 Å². The summed E-state index contributed by atoms with van der Waals surface area (Å²) >= 11 is 0. The number of fused-ring (bicyclic) bond motifs is 1. The van der Waals surface area contributed by atoms with E-state index in [0.717, 1.165) is 11.1 Å². The number of rotatable bonds is 6. The van der Waals surface area contributed by atoms with Gasteiger partial charge in [0, 0.05) is 18.9 Å². The van der Waals surface area contributed by atoms with Gasteiger partial charge in [0.05, 0.1) is 6.04 Å². The number of amides is 1. The minimum absolute atomic E-state index is 0.00583. The first-order chi connectivity index (χ1) is 14.4. The molecule has 0 saturated heterocycles. The molecule has 1 atom stereocenters. The predicted octanol–water partition coefficient (Wildman–Crippen LogP) is 0.782. The molecule has 1 aromatic carbocycles. The van der Waals surface area contributed by atoms with Crippen LogP contribution in [-0.2, 0) is 11.2 Å². The topological polar surface area (TPSA) is 142 Å². The van der Waals surface area contributed by atoms with Gasteiger partial charge in [0.15, 0.2) is 0 Å². The van der Waals surface area contributed by atoms with Crippen LogP contribution in [0.15, 0.2) is 28.0 Å². The van der Waals surface area contributed by atoms with Crippen LogP contribution in [0.2, 0.25) is 0 Å². The highest BCUT2D eigenvalue weighted by atomic mass is 19.1. The van der Waals surface area contributed by atoms with Crippen LogP contribution in [0.3, 0.4) is 0 Å². The van der Waals surface area contributed by atoms with Gasteiger partial charge in [-0.1, -0.05) is 11.2 Å². The zero-order valence-electron chi connectivity index (χ0n) is 15.8. The van der Waals surface area contributed by atoms with Gasteiger partial charge in [-0.3, -0.25) is 4.79 Å². The predicted molar refractivity (Wildman–Crippen MR) is 98.4 cm³/mol. The highest BCUT2D eigenvalue weighted by Gasteiger charge is 2.49. The van der Waals surface area contributed by atoms with Gasteiger partial charge in [-0.2, -0.15) is 0 Å². The molecule has 1 aromatic heterocycles. The van der Waals surface area contributed by atoms with Crippen LogP contribution in [0.25, 0.3) is 0 Å². The fourth-order valence-electron chi connectivity index (χ4n) is 3.72. The molecule has 2 aromatic rings. The first-order valence-corrected chi connectivity index (χ1v) is 9.75. The van der Waals surface area contributed by atoms with Crippen molar-refractivity contribution in [2.45, 2.75) is 55.9 Å². The molecule has 0 aliphatic heterocycles. The van der Waals surface area contributed by atoms with E-state index in [1.54, 1.807) is 6.07 Å². The minimum atomic E-state index is -1.20. The lowest BCUT2D eigenvalue weighted by molar-refractivity contribution is -0.133. The van der Waals surface area contributed by atoms with Crippen molar-refractivity contribution < 1.29 is 28.9 Å². The first-order valence-electron chi connectivity index (χ1n) is 9.75. The van der Waals surface area contributed by atoms with Gasteiger partial charge >= 0.3 is 0 Å². The van der Waals surface area contributed by atoms with Crippen molar-refractivity contribution in [3.8, 4) is 5.88 Å². The van der Waals surface area contributed by atoms with E-state index < -0.39 is 5.60 Å². The van der Waals surface area contributed by atoms with E-state index in [4.69, 9.17) is 9.37 Å². The summed E-state index contributed by atoms with van der Waals surface area (Å²) in [6.07, 6.45) is 2.49. The highest BCUT2D eigenvalue weighted by Crippen LogP contribution is 2.37. The lowest BCUT2D eigenvalue weighted by Crippen LogP contribution is -2.52. The summed E-state index contributed by atoms with van der Waals surface area (Å²) in [5, 5.41) is 35.7. The van der Waals surface area contributed by atoms with Gasteiger partial charge in [0.1, 0.15) is 17.5 Å².